The number of nitrogen functional groups attached to an aromatic ring is 1. The number of nitrogens with two attached hydrogens (primary N) is 1. The van der Waals surface area contributed by atoms with E-state index in [-0.39, 0.29) is 6.61 Å². The molecule has 0 aliphatic carbocycles. The number of aliphatic hydroxyl groups excluding tert-OH is 2. The molecule has 0 amide bonds. The fourth-order valence-corrected chi connectivity index (χ4v) is 2.13. The van der Waals surface area contributed by atoms with Crippen LogP contribution in [0.2, 0.25) is 0 Å². The zero-order valence-corrected chi connectivity index (χ0v) is 9.47. The summed E-state index contributed by atoms with van der Waals surface area (Å²) in [5, 5.41) is 18.8. The van der Waals surface area contributed by atoms with E-state index in [0.717, 1.165) is 0 Å². The first-order valence-corrected chi connectivity index (χ1v) is 5.58. The van der Waals surface area contributed by atoms with Crippen molar-refractivity contribution in [1.82, 2.24) is 19.5 Å². The smallest absolute Gasteiger partial charge is 0.167 e. The largest absolute Gasteiger partial charge is 0.394 e. The maximum absolute atomic E-state index is 9.71. The minimum absolute atomic E-state index is 0.221. The Kier molecular flexibility index (Phi) is 2.62. The summed E-state index contributed by atoms with van der Waals surface area (Å²) in [4.78, 5) is 12.1. The van der Waals surface area contributed by atoms with Crippen LogP contribution >= 0.6 is 0 Å². The molecule has 8 nitrogen and oxygen atoms in total. The van der Waals surface area contributed by atoms with Crippen molar-refractivity contribution < 1.29 is 14.9 Å². The van der Waals surface area contributed by atoms with Crippen molar-refractivity contribution in [3.63, 3.8) is 0 Å². The van der Waals surface area contributed by atoms with Crippen LogP contribution < -0.4 is 5.73 Å². The molecule has 0 saturated carbocycles. The second-order valence-corrected chi connectivity index (χ2v) is 4.20. The number of rotatable bonds is 2. The Balaban J connectivity index is 1.99. The van der Waals surface area contributed by atoms with Crippen LogP contribution in [0.3, 0.4) is 0 Å². The Morgan fingerprint density at radius 1 is 1.44 bits per heavy atom. The SMILES string of the molecule is Nc1ncnc2c1ncn2[C@H]1C[C@H](O)[C@H](CO)O1. The molecule has 0 radical (unpaired) electrons. The topological polar surface area (TPSA) is 119 Å². The summed E-state index contributed by atoms with van der Waals surface area (Å²) in [5.74, 6) is 0.302. The molecule has 1 aliphatic heterocycles. The lowest BCUT2D eigenvalue weighted by molar-refractivity contribution is -0.0432. The minimum Gasteiger partial charge on any atom is -0.394 e. The maximum Gasteiger partial charge on any atom is 0.167 e. The van der Waals surface area contributed by atoms with Gasteiger partial charge in [-0.25, -0.2) is 15.0 Å². The van der Waals surface area contributed by atoms with E-state index in [1.807, 2.05) is 0 Å². The predicted octanol–water partition coefficient (Wildman–Crippen LogP) is -0.951. The zero-order chi connectivity index (χ0) is 12.7. The number of aromatic nitrogens is 4. The van der Waals surface area contributed by atoms with Gasteiger partial charge in [0.05, 0.1) is 19.0 Å². The highest BCUT2D eigenvalue weighted by Crippen LogP contribution is 2.30. The minimum atomic E-state index is -0.698. The van der Waals surface area contributed by atoms with Gasteiger partial charge in [0.25, 0.3) is 0 Å². The normalized spacial score (nSPS) is 28.0. The third-order valence-electron chi connectivity index (χ3n) is 3.08. The molecular formula is C10H13N5O3. The Labute approximate surface area is 102 Å². The summed E-state index contributed by atoms with van der Waals surface area (Å²) in [5.41, 5.74) is 6.75. The van der Waals surface area contributed by atoms with Crippen molar-refractivity contribution in [3.8, 4) is 0 Å². The molecule has 18 heavy (non-hydrogen) atoms. The molecule has 2 aromatic rings. The van der Waals surface area contributed by atoms with Gasteiger partial charge in [-0.1, -0.05) is 0 Å². The molecule has 3 atom stereocenters. The van der Waals surface area contributed by atoms with Crippen LogP contribution in [-0.2, 0) is 4.74 Å². The molecule has 0 aromatic carbocycles. The standard InChI is InChI=1S/C10H13N5O3/c11-9-8-10(13-3-12-9)15(4-14-8)7-1-5(17)6(2-16)18-7/h3-7,16-17H,1-2H2,(H2,11,12,13)/t5-,6-,7+/m0/s1. The van der Waals surface area contributed by atoms with Crippen LogP contribution in [0.5, 0.6) is 0 Å². The summed E-state index contributed by atoms with van der Waals surface area (Å²) in [6.07, 6.45) is 1.60. The lowest BCUT2D eigenvalue weighted by Gasteiger charge is -2.13. The predicted molar refractivity (Wildman–Crippen MR) is 61.4 cm³/mol. The first-order chi connectivity index (χ1) is 8.70. The Bertz CT molecular complexity index is 572. The number of hydrogen-bond acceptors (Lipinski definition) is 7. The third-order valence-corrected chi connectivity index (χ3v) is 3.08. The van der Waals surface area contributed by atoms with E-state index in [4.69, 9.17) is 15.6 Å². The van der Waals surface area contributed by atoms with Crippen LogP contribution in [0.1, 0.15) is 12.6 Å². The molecule has 1 aliphatic rings. The fourth-order valence-electron chi connectivity index (χ4n) is 2.13. The number of fused-ring (bicyclic) bond motifs is 1. The average molecular weight is 251 g/mol. The van der Waals surface area contributed by atoms with E-state index in [0.29, 0.717) is 23.4 Å². The van der Waals surface area contributed by atoms with Gasteiger partial charge in [-0.15, -0.1) is 0 Å². The van der Waals surface area contributed by atoms with E-state index in [9.17, 15) is 5.11 Å². The second kappa shape index (κ2) is 4.16. The highest BCUT2D eigenvalue weighted by atomic mass is 16.5. The highest BCUT2D eigenvalue weighted by Gasteiger charge is 2.35. The molecule has 3 rings (SSSR count). The molecule has 96 valence electrons. The van der Waals surface area contributed by atoms with Gasteiger partial charge in [-0.2, -0.15) is 0 Å². The third kappa shape index (κ3) is 1.62. The van der Waals surface area contributed by atoms with Crippen molar-refractivity contribution in [2.45, 2.75) is 24.9 Å². The quantitative estimate of drug-likeness (QED) is 0.629. The average Bonchev–Trinajstić information content (AvgIpc) is 2.93. The summed E-state index contributed by atoms with van der Waals surface area (Å²) in [6, 6.07) is 0. The number of nitrogens with zero attached hydrogens (tertiary/aromatic N) is 4. The first kappa shape index (κ1) is 11.3. The van der Waals surface area contributed by atoms with Gasteiger partial charge in [0.2, 0.25) is 0 Å². The van der Waals surface area contributed by atoms with Crippen LogP contribution in [0.15, 0.2) is 12.7 Å². The fraction of sp³-hybridized carbons (Fsp3) is 0.500. The molecule has 4 N–H and O–H groups in total. The van der Waals surface area contributed by atoms with Crippen molar-refractivity contribution >= 4 is 17.0 Å². The van der Waals surface area contributed by atoms with Crippen molar-refractivity contribution in [2.75, 3.05) is 12.3 Å². The van der Waals surface area contributed by atoms with Crippen molar-refractivity contribution in [2.24, 2.45) is 0 Å². The van der Waals surface area contributed by atoms with Gasteiger partial charge in [0, 0.05) is 6.42 Å². The molecule has 1 fully saturated rings. The monoisotopic (exact) mass is 251 g/mol. The van der Waals surface area contributed by atoms with Crippen LogP contribution in [0, 0.1) is 0 Å². The van der Waals surface area contributed by atoms with Gasteiger partial charge in [0.15, 0.2) is 11.5 Å². The van der Waals surface area contributed by atoms with Crippen LogP contribution in [-0.4, -0.2) is 48.5 Å². The molecular weight excluding hydrogens is 238 g/mol. The molecule has 3 heterocycles. The van der Waals surface area contributed by atoms with E-state index in [1.165, 1.54) is 6.33 Å². The zero-order valence-electron chi connectivity index (χ0n) is 9.47. The molecule has 0 unspecified atom stereocenters. The lowest BCUT2D eigenvalue weighted by atomic mass is 10.2. The van der Waals surface area contributed by atoms with Gasteiger partial charge in [-0.3, -0.25) is 4.57 Å². The van der Waals surface area contributed by atoms with E-state index in [2.05, 4.69) is 15.0 Å². The molecule has 0 spiro atoms. The Morgan fingerprint density at radius 3 is 3.00 bits per heavy atom. The van der Waals surface area contributed by atoms with Crippen molar-refractivity contribution in [1.29, 1.82) is 0 Å². The Hall–Kier alpha value is -1.77. The van der Waals surface area contributed by atoms with E-state index >= 15 is 0 Å². The molecule has 8 heteroatoms. The lowest BCUT2D eigenvalue weighted by Crippen LogP contribution is -2.24. The summed E-state index contributed by atoms with van der Waals surface area (Å²) in [6.45, 7) is -0.221. The summed E-state index contributed by atoms with van der Waals surface area (Å²) in [7, 11) is 0. The van der Waals surface area contributed by atoms with Crippen LogP contribution in [0.25, 0.3) is 11.2 Å². The summed E-state index contributed by atoms with van der Waals surface area (Å²) >= 11 is 0. The maximum atomic E-state index is 9.71. The molecule has 0 bridgehead atoms. The number of anilines is 1. The first-order valence-electron chi connectivity index (χ1n) is 5.58. The number of aliphatic hydroxyl groups is 2. The number of imidazole rings is 1. The van der Waals surface area contributed by atoms with Gasteiger partial charge in [0.1, 0.15) is 24.2 Å². The van der Waals surface area contributed by atoms with E-state index in [1.54, 1.807) is 10.9 Å². The second-order valence-electron chi connectivity index (χ2n) is 4.20. The number of ether oxygens (including phenoxy) is 1. The molecule has 2 aromatic heterocycles. The van der Waals surface area contributed by atoms with Gasteiger partial charge >= 0.3 is 0 Å². The summed E-state index contributed by atoms with van der Waals surface area (Å²) < 4.78 is 7.22. The van der Waals surface area contributed by atoms with Gasteiger partial charge < -0.3 is 20.7 Å². The van der Waals surface area contributed by atoms with Crippen molar-refractivity contribution in [3.05, 3.63) is 12.7 Å². The van der Waals surface area contributed by atoms with Gasteiger partial charge in [-0.05, 0) is 0 Å². The highest BCUT2D eigenvalue weighted by molar-refractivity contribution is 5.81. The Morgan fingerprint density at radius 2 is 2.28 bits per heavy atom. The molecule has 1 saturated heterocycles. The van der Waals surface area contributed by atoms with Crippen LogP contribution in [0.4, 0.5) is 5.82 Å². The van der Waals surface area contributed by atoms with E-state index < -0.39 is 18.4 Å². The number of hydrogen-bond donors (Lipinski definition) is 3.